The first-order valence-corrected chi connectivity index (χ1v) is 36.4. The molecule has 23 N–H and O–H groups in total. The summed E-state index contributed by atoms with van der Waals surface area (Å²) < 4.78 is 0. The molecule has 1 aromatic carbocycles. The van der Waals surface area contributed by atoms with Crippen LogP contribution in [0.1, 0.15) is 165 Å². The van der Waals surface area contributed by atoms with E-state index in [0.29, 0.717) is 31.4 Å². The second kappa shape index (κ2) is 47.7. The van der Waals surface area contributed by atoms with Crippen LogP contribution < -0.4 is 86.3 Å². The molecule has 0 unspecified atom stereocenters. The summed E-state index contributed by atoms with van der Waals surface area (Å²) in [6.45, 7) is 16.3. The normalized spacial score (nSPS) is 16.5. The smallest absolute Gasteiger partial charge is 0.326 e. The van der Waals surface area contributed by atoms with E-state index in [9.17, 15) is 102 Å². The number of nitrogens with zero attached hydrogens (tertiary/aromatic N) is 1. The summed E-state index contributed by atoms with van der Waals surface area (Å²) in [7, 11) is 0. The van der Waals surface area contributed by atoms with Gasteiger partial charge in [0.05, 0.1) is 13.0 Å². The number of nitrogens with two attached hydrogens (primary N) is 3. The number of hydrogen-bond acceptors (Lipinski definition) is 21. The van der Waals surface area contributed by atoms with Crippen LogP contribution >= 0.6 is 0 Å². The number of hydrogen-bond donors (Lipinski definition) is 20. The van der Waals surface area contributed by atoms with Crippen molar-refractivity contribution in [2.24, 2.45) is 35.0 Å². The maximum atomic E-state index is 14.4. The first-order chi connectivity index (χ1) is 50.7. The highest BCUT2D eigenvalue weighted by atomic mass is 16.4. The number of carbonyl (C=O) groups excluding carboxylic acids is 14. The van der Waals surface area contributed by atoms with Crippen molar-refractivity contribution in [2.75, 3.05) is 26.2 Å². The van der Waals surface area contributed by atoms with Gasteiger partial charge in [0.25, 0.3) is 0 Å². The highest BCUT2D eigenvalue weighted by Crippen LogP contribution is 2.21. The lowest BCUT2D eigenvalue weighted by molar-refractivity contribution is -0.143. The number of amides is 14. The summed E-state index contributed by atoms with van der Waals surface area (Å²) in [5, 5.41) is 70.8. The minimum atomic E-state index is -1.90. The van der Waals surface area contributed by atoms with E-state index in [-0.39, 0.29) is 76.3 Å². The van der Waals surface area contributed by atoms with Crippen molar-refractivity contribution < 1.29 is 102 Å². The molecular weight excluding hydrogens is 1410 g/mol. The van der Waals surface area contributed by atoms with Crippen molar-refractivity contribution in [1.29, 1.82) is 0 Å². The molecule has 1 aliphatic heterocycles. The molecule has 2 rings (SSSR count). The van der Waals surface area contributed by atoms with Crippen molar-refractivity contribution in [3.8, 4) is 0 Å². The predicted octanol–water partition coefficient (Wildman–Crippen LogP) is -4.63. The molecule has 0 spiro atoms. The van der Waals surface area contributed by atoms with Crippen LogP contribution in [0.25, 0.3) is 0 Å². The van der Waals surface area contributed by atoms with Crippen LogP contribution in [0.3, 0.4) is 0 Å². The van der Waals surface area contributed by atoms with Gasteiger partial charge in [0.1, 0.15) is 90.6 Å². The van der Waals surface area contributed by atoms with Gasteiger partial charge in [0.2, 0.25) is 82.7 Å². The molecule has 1 fully saturated rings. The fourth-order valence-electron chi connectivity index (χ4n) is 11.2. The van der Waals surface area contributed by atoms with E-state index >= 15 is 0 Å². The molecule has 38 nitrogen and oxygen atoms in total. The van der Waals surface area contributed by atoms with Gasteiger partial charge in [-0.1, -0.05) is 71.9 Å². The topological polar surface area (TPSA) is 609 Å². The molecule has 1 aromatic rings. The third-order valence-electron chi connectivity index (χ3n) is 17.4. The molecule has 38 heteroatoms. The molecule has 1 heterocycles. The number of benzene rings is 1. The Balaban J connectivity index is 2.31. The van der Waals surface area contributed by atoms with E-state index in [4.69, 9.17) is 17.2 Å². The third kappa shape index (κ3) is 33.5. The van der Waals surface area contributed by atoms with Gasteiger partial charge in [-0.15, -0.1) is 0 Å². The van der Waals surface area contributed by atoms with Crippen molar-refractivity contribution >= 4 is 101 Å². The fraction of sp³-hybridized carbons (Fsp3) is 0.671. The third-order valence-corrected chi connectivity index (χ3v) is 17.4. The number of carboxylic acids is 3. The van der Waals surface area contributed by atoms with E-state index in [2.05, 4.69) is 69.1 Å². The number of aliphatic carboxylic acids is 3. The van der Waals surface area contributed by atoms with Crippen LogP contribution in [0.5, 0.6) is 0 Å². The van der Waals surface area contributed by atoms with Crippen LogP contribution in [0, 0.1) is 17.8 Å². The number of unbranched alkanes of at least 4 members (excludes halogenated alkanes) is 2. The lowest BCUT2D eigenvalue weighted by Crippen LogP contribution is -2.61. The van der Waals surface area contributed by atoms with Gasteiger partial charge in [-0.05, 0) is 142 Å². The number of rotatable bonds is 49. The summed E-state index contributed by atoms with van der Waals surface area (Å²) in [4.78, 5) is 229. The first-order valence-electron chi connectivity index (χ1n) is 36.4. The molecule has 0 saturated carbocycles. The number of likely N-dealkylation sites (tertiary alicyclic amines) is 1. The minimum Gasteiger partial charge on any atom is -0.481 e. The van der Waals surface area contributed by atoms with Gasteiger partial charge in [-0.2, -0.15) is 0 Å². The summed E-state index contributed by atoms with van der Waals surface area (Å²) >= 11 is 0. The van der Waals surface area contributed by atoms with Gasteiger partial charge in [0.15, 0.2) is 0 Å². The lowest BCUT2D eigenvalue weighted by Gasteiger charge is -2.30. The fourth-order valence-corrected chi connectivity index (χ4v) is 11.2. The SMILES string of the molecule is CC(C)C[C@H](NC(=O)[C@@H](N)CO)C(=O)N[C@@H](C)C(=O)N[C@@H](CCCCN)C(=O)N[C@@H](Cc1ccccc1)C(=O)N[C@@H](CC(=O)O)C(=O)N[C@@H](C)C(=O)N1CCC[C@H]1C(=O)N[C@@H](CC(C)C)C(=O)N[C@@H](CCC(=O)O)C(=O)N[C@@H](C)C(=O)N[C@H](C(=O)N[C@@H](C)C(=O)N[C@@H](C)C(=O)N[C@@H](CCCCN)C(=O)O)C(C)C. The Kier molecular flexibility index (Phi) is 41.5. The van der Waals surface area contributed by atoms with Crippen LogP contribution in [0.15, 0.2) is 30.3 Å². The Morgan fingerprint density at radius 2 is 0.833 bits per heavy atom. The maximum absolute atomic E-state index is 14.4. The Bertz CT molecular complexity index is 3250. The highest BCUT2D eigenvalue weighted by Gasteiger charge is 2.41. The van der Waals surface area contributed by atoms with Gasteiger partial charge in [-0.25, -0.2) is 4.79 Å². The largest absolute Gasteiger partial charge is 0.481 e. The van der Waals surface area contributed by atoms with Crippen LogP contribution in [0.2, 0.25) is 0 Å². The molecule has 15 atom stereocenters. The molecule has 1 saturated heterocycles. The van der Waals surface area contributed by atoms with Crippen molar-refractivity contribution in [3.63, 3.8) is 0 Å². The Morgan fingerprint density at radius 3 is 1.33 bits per heavy atom. The number of aliphatic hydroxyl groups is 1. The van der Waals surface area contributed by atoms with Crippen LogP contribution in [-0.4, -0.2) is 243 Å². The zero-order valence-corrected chi connectivity index (χ0v) is 63.4. The van der Waals surface area contributed by atoms with E-state index in [1.165, 1.54) is 34.6 Å². The molecule has 0 radical (unpaired) electrons. The van der Waals surface area contributed by atoms with Gasteiger partial charge < -0.3 is 112 Å². The number of aliphatic hydroxyl groups excluding tert-OH is 1. The Morgan fingerprint density at radius 1 is 0.435 bits per heavy atom. The Labute approximate surface area is 628 Å². The maximum Gasteiger partial charge on any atom is 0.326 e. The number of carbonyl (C=O) groups is 17. The van der Waals surface area contributed by atoms with Gasteiger partial charge in [0, 0.05) is 19.4 Å². The Hall–Kier alpha value is -9.95. The lowest BCUT2D eigenvalue weighted by atomic mass is 10.0. The van der Waals surface area contributed by atoms with E-state index in [1.807, 2.05) is 0 Å². The summed E-state index contributed by atoms with van der Waals surface area (Å²) in [5.41, 5.74) is 17.4. The van der Waals surface area contributed by atoms with Gasteiger partial charge in [-0.3, -0.25) is 76.7 Å². The molecule has 14 amide bonds. The van der Waals surface area contributed by atoms with E-state index in [0.717, 1.165) is 4.90 Å². The molecule has 0 aliphatic carbocycles. The quantitative estimate of drug-likeness (QED) is 0.0273. The molecule has 606 valence electrons. The molecule has 0 aromatic heterocycles. The molecule has 1 aliphatic rings. The van der Waals surface area contributed by atoms with E-state index < -0.39 is 223 Å². The monoisotopic (exact) mass is 1530 g/mol. The minimum absolute atomic E-state index is 0.0287. The van der Waals surface area contributed by atoms with Gasteiger partial charge >= 0.3 is 17.9 Å². The van der Waals surface area contributed by atoms with E-state index in [1.54, 1.807) is 71.9 Å². The van der Waals surface area contributed by atoms with Crippen molar-refractivity contribution in [2.45, 2.75) is 257 Å². The average Bonchev–Trinajstić information content (AvgIpc) is 1.64. The second-order valence-electron chi connectivity index (χ2n) is 28.2. The predicted molar refractivity (Wildman–Crippen MR) is 390 cm³/mol. The second-order valence-corrected chi connectivity index (χ2v) is 28.2. The average molecular weight is 1530 g/mol. The van der Waals surface area contributed by atoms with Crippen LogP contribution in [0.4, 0.5) is 0 Å². The first kappa shape index (κ1) is 94.1. The summed E-state index contributed by atoms with van der Waals surface area (Å²) in [6, 6.07) is -12.8. The molecule has 108 heavy (non-hydrogen) atoms. The van der Waals surface area contributed by atoms with Crippen LogP contribution in [-0.2, 0) is 87.9 Å². The molecular formula is C70H115N17O21. The standard InChI is InChI=1S/C70H115N17O21/c1-35(2)30-48(82-60(97)44(73)34-88)63(100)76-40(9)57(94)79-45(22-15-17-27-71)62(99)83-50(32-43-20-13-12-14-21-43)66(103)84-51(33-54(91)92)64(101)78-42(11)69(106)87-29-19-24-52(87)67(104)85-49(31-36(3)4)65(102)80-46(25-26-53(89)90)61(98)75-41(10)59(96)86-55(37(5)6)68(105)77-38(7)56(93)74-39(8)58(95)81-47(70(107)108)23-16-18-28-72/h12-14,20-21,35-42,44-52,55,88H,15-19,22-34,71-73H2,1-11H3,(H,74,93)(H,75,98)(H,76,100)(H,77,105)(H,78,101)(H,79,94)(H,80,102)(H,81,95)(H,82,97)(H,83,99)(H,84,103)(H,85,104)(H,86,96)(H,89,90)(H,91,92)(H,107,108)/t38-,39-,40-,41-,42-,44-,45-,46-,47-,48-,49-,50-,51-,52-,55-/m0/s1. The van der Waals surface area contributed by atoms with Crippen molar-refractivity contribution in [3.05, 3.63) is 35.9 Å². The zero-order valence-electron chi connectivity index (χ0n) is 63.4. The zero-order chi connectivity index (χ0) is 81.8. The number of nitrogens with one attached hydrogen (secondary N) is 13. The highest BCUT2D eigenvalue weighted by molar-refractivity contribution is 6.01. The summed E-state index contributed by atoms with van der Waals surface area (Å²) in [5.74, 6) is -18.0. The molecule has 0 bridgehead atoms. The van der Waals surface area contributed by atoms with Crippen molar-refractivity contribution in [1.82, 2.24) is 74.0 Å². The summed E-state index contributed by atoms with van der Waals surface area (Å²) in [6.07, 6.45) is -0.453. The number of carboxylic acid groups (broad SMARTS) is 3.